The molecule has 0 aliphatic carbocycles. The Labute approximate surface area is 107 Å². The quantitative estimate of drug-likeness (QED) is 0.622. The molecule has 0 unspecified atom stereocenters. The molecule has 1 saturated heterocycles. The predicted molar refractivity (Wildman–Crippen MR) is 64.8 cm³/mol. The van der Waals surface area contributed by atoms with E-state index in [1.807, 2.05) is 5.32 Å². The summed E-state index contributed by atoms with van der Waals surface area (Å²) >= 11 is 5.78. The van der Waals surface area contributed by atoms with Gasteiger partial charge in [-0.25, -0.2) is 9.69 Å². The molecule has 6 nitrogen and oxygen atoms in total. The van der Waals surface area contributed by atoms with Crippen LogP contribution < -0.4 is 10.2 Å². The van der Waals surface area contributed by atoms with E-state index in [-0.39, 0.29) is 5.69 Å². The zero-order valence-electron chi connectivity index (χ0n) is 9.01. The van der Waals surface area contributed by atoms with Crippen molar-refractivity contribution in [2.45, 2.75) is 0 Å². The van der Waals surface area contributed by atoms with E-state index in [0.29, 0.717) is 11.2 Å². The molecule has 2 N–H and O–H groups in total. The summed E-state index contributed by atoms with van der Waals surface area (Å²) in [5, 5.41) is 9.42. The molecule has 1 atom stereocenters. The molecule has 4 amide bonds. The number of nitrogens with zero attached hydrogens (tertiary/aromatic N) is 1. The molecule has 2 rings (SSSR count). The Kier molecular flexibility index (Phi) is 3.12. The molecule has 1 aromatic rings. The molecular formula is C11H8ClN3O3. The minimum Gasteiger partial charge on any atom is -0.312 e. The molecule has 18 heavy (non-hydrogen) atoms. The third kappa shape index (κ3) is 1.98. The highest BCUT2D eigenvalue weighted by Gasteiger charge is 2.40. The molecule has 1 aliphatic heterocycles. The normalized spacial score (nSPS) is 19.7. The van der Waals surface area contributed by atoms with Crippen molar-refractivity contribution in [1.29, 1.82) is 5.41 Å². The first-order valence-corrected chi connectivity index (χ1v) is 5.37. The molecular weight excluding hydrogens is 258 g/mol. The smallest absolute Gasteiger partial charge is 0.312 e. The number of rotatable bonds is 2. The first-order chi connectivity index (χ1) is 8.54. The van der Waals surface area contributed by atoms with E-state index >= 15 is 0 Å². The summed E-state index contributed by atoms with van der Waals surface area (Å²) in [6.07, 6.45) is 0.696. The molecule has 1 aromatic carbocycles. The fraction of sp³-hybridized carbons (Fsp3) is 0.0909. The Morgan fingerprint density at radius 2 is 2.06 bits per heavy atom. The Bertz CT molecular complexity index is 558. The maximum absolute atomic E-state index is 11.9. The summed E-state index contributed by atoms with van der Waals surface area (Å²) in [6.45, 7) is 0. The number of hydrogen-bond donors (Lipinski definition) is 2. The van der Waals surface area contributed by atoms with Gasteiger partial charge in [0.1, 0.15) is 0 Å². The van der Waals surface area contributed by atoms with Gasteiger partial charge < -0.3 is 5.41 Å². The molecule has 1 heterocycles. The lowest BCUT2D eigenvalue weighted by atomic mass is 10.1. The van der Waals surface area contributed by atoms with E-state index < -0.39 is 23.8 Å². The van der Waals surface area contributed by atoms with E-state index in [2.05, 4.69) is 0 Å². The van der Waals surface area contributed by atoms with Crippen molar-refractivity contribution in [3.05, 3.63) is 29.3 Å². The Hall–Kier alpha value is -2.21. The van der Waals surface area contributed by atoms with Gasteiger partial charge in [-0.1, -0.05) is 17.7 Å². The number of hydrogen-bond acceptors (Lipinski definition) is 4. The van der Waals surface area contributed by atoms with Gasteiger partial charge in [-0.15, -0.1) is 0 Å². The monoisotopic (exact) mass is 265 g/mol. The van der Waals surface area contributed by atoms with Crippen molar-refractivity contribution in [3.8, 4) is 0 Å². The maximum Gasteiger partial charge on any atom is 0.335 e. The lowest BCUT2D eigenvalue weighted by molar-refractivity contribution is -0.131. The van der Waals surface area contributed by atoms with Crippen LogP contribution in [0, 0.1) is 11.3 Å². The Morgan fingerprint density at radius 3 is 2.67 bits per heavy atom. The highest BCUT2D eigenvalue weighted by molar-refractivity contribution is 6.33. The van der Waals surface area contributed by atoms with E-state index in [9.17, 15) is 14.4 Å². The average molecular weight is 266 g/mol. The molecule has 0 bridgehead atoms. The molecule has 0 radical (unpaired) electrons. The molecule has 0 aromatic heterocycles. The maximum atomic E-state index is 11.9. The molecule has 0 spiro atoms. The largest absolute Gasteiger partial charge is 0.335 e. The number of halogens is 1. The Morgan fingerprint density at radius 1 is 1.33 bits per heavy atom. The topological polar surface area (TPSA) is 90.3 Å². The van der Waals surface area contributed by atoms with Crippen LogP contribution in [0.4, 0.5) is 10.5 Å². The third-order valence-corrected chi connectivity index (χ3v) is 2.67. The molecule has 7 heteroatoms. The van der Waals surface area contributed by atoms with Gasteiger partial charge in [0.15, 0.2) is 5.92 Å². The van der Waals surface area contributed by atoms with Crippen molar-refractivity contribution >= 4 is 41.3 Å². The van der Waals surface area contributed by atoms with E-state index in [4.69, 9.17) is 17.0 Å². The van der Waals surface area contributed by atoms with Gasteiger partial charge in [-0.3, -0.25) is 14.9 Å². The van der Waals surface area contributed by atoms with Gasteiger partial charge in [0.25, 0.3) is 5.91 Å². The van der Waals surface area contributed by atoms with Crippen molar-refractivity contribution in [2.24, 2.45) is 5.92 Å². The number of nitrogens with one attached hydrogen (secondary N) is 2. The summed E-state index contributed by atoms with van der Waals surface area (Å²) in [7, 11) is 0. The number of carbonyl (C=O) groups excluding carboxylic acids is 3. The second-order valence-electron chi connectivity index (χ2n) is 3.59. The molecule has 1 aliphatic rings. The fourth-order valence-corrected chi connectivity index (χ4v) is 1.78. The van der Waals surface area contributed by atoms with E-state index in [1.165, 1.54) is 12.1 Å². The van der Waals surface area contributed by atoms with Crippen LogP contribution >= 0.6 is 11.6 Å². The van der Waals surface area contributed by atoms with E-state index in [1.54, 1.807) is 12.1 Å². The summed E-state index contributed by atoms with van der Waals surface area (Å²) in [5.41, 5.74) is 0.254. The summed E-state index contributed by atoms with van der Waals surface area (Å²) in [6, 6.07) is 5.27. The van der Waals surface area contributed by atoms with Crippen molar-refractivity contribution in [1.82, 2.24) is 5.32 Å². The molecule has 1 fully saturated rings. The van der Waals surface area contributed by atoms with Gasteiger partial charge in [-0.2, -0.15) is 0 Å². The first-order valence-electron chi connectivity index (χ1n) is 4.99. The summed E-state index contributed by atoms with van der Waals surface area (Å²) < 4.78 is 0. The number of anilines is 1. The van der Waals surface area contributed by atoms with Gasteiger partial charge in [0.05, 0.1) is 5.69 Å². The minimum absolute atomic E-state index is 0.254. The van der Waals surface area contributed by atoms with Crippen LogP contribution in [-0.4, -0.2) is 24.1 Å². The number of carbonyl (C=O) groups is 3. The fourth-order valence-electron chi connectivity index (χ4n) is 1.60. The number of imide groups is 2. The summed E-state index contributed by atoms with van der Waals surface area (Å²) in [4.78, 5) is 35.7. The zero-order chi connectivity index (χ0) is 13.3. The van der Waals surface area contributed by atoms with Gasteiger partial charge in [0, 0.05) is 11.2 Å². The van der Waals surface area contributed by atoms with Crippen molar-refractivity contribution in [2.75, 3.05) is 4.90 Å². The van der Waals surface area contributed by atoms with Gasteiger partial charge in [-0.05, 0) is 18.2 Å². The number of barbiturate groups is 1. The average Bonchev–Trinajstić information content (AvgIpc) is 2.28. The van der Waals surface area contributed by atoms with Crippen LogP contribution in [-0.2, 0) is 9.59 Å². The van der Waals surface area contributed by atoms with Crippen LogP contribution in [0.5, 0.6) is 0 Å². The van der Waals surface area contributed by atoms with Crippen molar-refractivity contribution in [3.63, 3.8) is 0 Å². The standard InChI is InChI=1S/C11H8ClN3O3/c12-6-2-1-3-7(4-6)15-10(17)8(5-13)9(16)14-11(15)18/h1-5,8,13H,(H,14,16,18)/t8-/m0/s1. The van der Waals surface area contributed by atoms with Crippen LogP contribution in [0.2, 0.25) is 5.02 Å². The Balaban J connectivity index is 2.43. The molecule has 92 valence electrons. The SMILES string of the molecule is N=C[C@H]1C(=O)NC(=O)N(c2cccc(Cl)c2)C1=O. The lowest BCUT2D eigenvalue weighted by Gasteiger charge is -2.28. The highest BCUT2D eigenvalue weighted by Crippen LogP contribution is 2.23. The van der Waals surface area contributed by atoms with Crippen LogP contribution in [0.15, 0.2) is 24.3 Å². The third-order valence-electron chi connectivity index (χ3n) is 2.44. The van der Waals surface area contributed by atoms with E-state index in [0.717, 1.165) is 4.90 Å². The van der Waals surface area contributed by atoms with Crippen LogP contribution in [0.25, 0.3) is 0 Å². The van der Waals surface area contributed by atoms with Crippen LogP contribution in [0.1, 0.15) is 0 Å². The van der Waals surface area contributed by atoms with Crippen LogP contribution in [0.3, 0.4) is 0 Å². The second-order valence-corrected chi connectivity index (χ2v) is 4.03. The van der Waals surface area contributed by atoms with Crippen molar-refractivity contribution < 1.29 is 14.4 Å². The van der Waals surface area contributed by atoms with Gasteiger partial charge in [0.2, 0.25) is 5.91 Å². The predicted octanol–water partition coefficient (Wildman–Crippen LogP) is 1.19. The van der Waals surface area contributed by atoms with Gasteiger partial charge >= 0.3 is 6.03 Å². The summed E-state index contributed by atoms with van der Waals surface area (Å²) in [5.74, 6) is -2.85. The minimum atomic E-state index is -1.29. The number of amides is 4. The molecule has 0 saturated carbocycles. The lowest BCUT2D eigenvalue weighted by Crippen LogP contribution is -2.58. The zero-order valence-corrected chi connectivity index (χ0v) is 9.77. The highest BCUT2D eigenvalue weighted by atomic mass is 35.5. The number of urea groups is 1. The number of benzene rings is 1. The second kappa shape index (κ2) is 4.58. The first kappa shape index (κ1) is 12.3.